The molecule has 0 bridgehead atoms. The number of carboxylic acids is 1. The van der Waals surface area contributed by atoms with Gasteiger partial charge in [-0.2, -0.15) is 0 Å². The first kappa shape index (κ1) is 21.3. The highest BCUT2D eigenvalue weighted by atomic mass is 35.5. The van der Waals surface area contributed by atoms with E-state index < -0.39 is 17.6 Å². The lowest BCUT2D eigenvalue weighted by Gasteiger charge is -2.40. The number of nitrogens with one attached hydrogen (secondary N) is 1. The first-order valence-corrected chi connectivity index (χ1v) is 10.6. The number of aryl methyl sites for hydroxylation is 3. The minimum absolute atomic E-state index is 0.0369. The summed E-state index contributed by atoms with van der Waals surface area (Å²) in [6.45, 7) is 4.26. The Morgan fingerprint density at radius 1 is 1.13 bits per heavy atom. The highest BCUT2D eigenvalue weighted by Gasteiger charge is 2.50. The maximum Gasteiger partial charge on any atom is 0.347 e. The zero-order valence-corrected chi connectivity index (χ0v) is 18.2. The molecule has 2 N–H and O–H groups in total. The van der Waals surface area contributed by atoms with Crippen molar-refractivity contribution < 1.29 is 14.6 Å². The lowest BCUT2D eigenvalue weighted by atomic mass is 9.76. The summed E-state index contributed by atoms with van der Waals surface area (Å²) in [7, 11) is 0. The number of hydrogen-bond acceptors (Lipinski definition) is 5. The highest BCUT2D eigenvalue weighted by Crippen LogP contribution is 2.40. The van der Waals surface area contributed by atoms with Crippen LogP contribution in [0.3, 0.4) is 0 Å². The second-order valence-electron chi connectivity index (χ2n) is 7.78. The van der Waals surface area contributed by atoms with Crippen molar-refractivity contribution in [3.63, 3.8) is 0 Å². The Morgan fingerprint density at radius 3 is 2.52 bits per heavy atom. The maximum atomic E-state index is 12.7. The van der Waals surface area contributed by atoms with Gasteiger partial charge in [-0.3, -0.25) is 0 Å². The van der Waals surface area contributed by atoms with Gasteiger partial charge in [-0.25, -0.2) is 14.8 Å². The van der Waals surface area contributed by atoms with Gasteiger partial charge in [-0.05, 0) is 68.1 Å². The summed E-state index contributed by atoms with van der Waals surface area (Å²) in [5.74, 6) is -1.12. The molecule has 2 aromatic carbocycles. The van der Waals surface area contributed by atoms with Crippen LogP contribution in [0.2, 0.25) is 5.02 Å². The lowest BCUT2D eigenvalue weighted by Crippen LogP contribution is -2.58. The molecule has 6 nitrogen and oxygen atoms in total. The fraction of sp³-hybridized carbons (Fsp3) is 0.292. The quantitative estimate of drug-likeness (QED) is 0.626. The van der Waals surface area contributed by atoms with Crippen molar-refractivity contribution in [3.05, 3.63) is 87.7 Å². The van der Waals surface area contributed by atoms with E-state index in [0.29, 0.717) is 23.0 Å². The molecule has 7 heteroatoms. The molecule has 160 valence electrons. The number of nitrogens with zero attached hydrogens (tertiary/aromatic N) is 2. The van der Waals surface area contributed by atoms with Gasteiger partial charge < -0.3 is 15.2 Å². The van der Waals surface area contributed by atoms with Gasteiger partial charge in [0.2, 0.25) is 6.10 Å². The number of carboxylic acid groups (broad SMARTS) is 1. The van der Waals surface area contributed by atoms with E-state index in [1.54, 1.807) is 0 Å². The minimum Gasteiger partial charge on any atom is -0.478 e. The van der Waals surface area contributed by atoms with Gasteiger partial charge in [0.25, 0.3) is 0 Å². The molecule has 1 aliphatic heterocycles. The Hall–Kier alpha value is -2.96. The first-order chi connectivity index (χ1) is 14.9. The van der Waals surface area contributed by atoms with Crippen molar-refractivity contribution >= 4 is 17.6 Å². The normalized spacial score (nSPS) is 19.2. The molecule has 31 heavy (non-hydrogen) atoms. The third kappa shape index (κ3) is 4.13. The summed E-state index contributed by atoms with van der Waals surface area (Å²) in [4.78, 5) is 21.3. The van der Waals surface area contributed by atoms with Crippen molar-refractivity contribution in [2.24, 2.45) is 0 Å². The number of rotatable bonds is 5. The molecule has 1 aromatic heterocycles. The molecular weight excluding hydrogens is 414 g/mol. The zero-order chi connectivity index (χ0) is 22.0. The van der Waals surface area contributed by atoms with E-state index in [4.69, 9.17) is 16.3 Å². The molecule has 0 amide bonds. The Bertz CT molecular complexity index is 1090. The number of halogens is 1. The van der Waals surface area contributed by atoms with Gasteiger partial charge in [0, 0.05) is 16.4 Å². The number of benzene rings is 2. The van der Waals surface area contributed by atoms with Gasteiger partial charge in [0.1, 0.15) is 5.54 Å². The summed E-state index contributed by atoms with van der Waals surface area (Å²) < 4.78 is 6.06. The van der Waals surface area contributed by atoms with Crippen LogP contribution in [0, 0.1) is 13.8 Å². The van der Waals surface area contributed by atoms with Gasteiger partial charge in [0.05, 0.1) is 0 Å². The Kier molecular flexibility index (Phi) is 5.94. The van der Waals surface area contributed by atoms with Crippen molar-refractivity contribution in [3.8, 4) is 6.01 Å². The van der Waals surface area contributed by atoms with Crippen LogP contribution in [0.1, 0.15) is 34.5 Å². The van der Waals surface area contributed by atoms with Crippen LogP contribution < -0.4 is 10.1 Å². The van der Waals surface area contributed by atoms with Crippen LogP contribution in [-0.2, 0) is 16.8 Å². The van der Waals surface area contributed by atoms with Gasteiger partial charge in [-0.1, -0.05) is 48.0 Å². The predicted molar refractivity (Wildman–Crippen MR) is 119 cm³/mol. The molecule has 2 atom stereocenters. The molecule has 0 radical (unpaired) electrons. The molecule has 3 aromatic rings. The Morgan fingerprint density at radius 2 is 1.84 bits per heavy atom. The Labute approximate surface area is 186 Å². The summed E-state index contributed by atoms with van der Waals surface area (Å²) in [5, 5.41) is 14.4. The molecule has 1 aliphatic rings. The molecule has 0 fully saturated rings. The molecule has 0 unspecified atom stereocenters. The van der Waals surface area contributed by atoms with Gasteiger partial charge >= 0.3 is 12.0 Å². The molecule has 2 heterocycles. The van der Waals surface area contributed by atoms with Crippen LogP contribution in [0.25, 0.3) is 0 Å². The van der Waals surface area contributed by atoms with Gasteiger partial charge in [-0.15, -0.1) is 0 Å². The van der Waals surface area contributed by atoms with E-state index in [1.807, 2.05) is 68.4 Å². The maximum absolute atomic E-state index is 12.7. The average molecular weight is 438 g/mol. The topological polar surface area (TPSA) is 84.3 Å². The smallest absolute Gasteiger partial charge is 0.347 e. The Balaban J connectivity index is 1.96. The van der Waals surface area contributed by atoms with E-state index >= 15 is 0 Å². The standard InChI is InChI=1S/C24H24ClN3O3/c1-15-13-16(2)28-23(27-15)31-21(22(29)30)24(18-8-4-3-5-9-18)20-14-19(25)11-10-17(20)7-6-12-26-24/h3-5,8-11,13-14,21,26H,6-7,12H2,1-2H3,(H,29,30)/t21-,24+/m1/s1. The molecular formula is C24H24ClN3O3. The van der Waals surface area contributed by atoms with Crippen molar-refractivity contribution in [1.29, 1.82) is 0 Å². The predicted octanol–water partition coefficient (Wildman–Crippen LogP) is 4.06. The molecule has 0 aliphatic carbocycles. The molecule has 0 saturated carbocycles. The number of fused-ring (bicyclic) bond motifs is 1. The SMILES string of the molecule is Cc1cc(C)nc(O[C@H](C(=O)O)[C@@]2(c3ccccc3)NCCCc3ccc(Cl)cc32)n1. The summed E-state index contributed by atoms with van der Waals surface area (Å²) in [5.41, 5.74) is 2.84. The third-order valence-corrected chi connectivity index (χ3v) is 5.79. The van der Waals surface area contributed by atoms with Crippen LogP contribution >= 0.6 is 11.6 Å². The van der Waals surface area contributed by atoms with Crippen molar-refractivity contribution in [2.45, 2.75) is 38.3 Å². The van der Waals surface area contributed by atoms with E-state index in [2.05, 4.69) is 15.3 Å². The highest BCUT2D eigenvalue weighted by molar-refractivity contribution is 6.30. The summed E-state index contributed by atoms with van der Waals surface area (Å²) in [6, 6.07) is 17.0. The number of aromatic nitrogens is 2. The number of aliphatic carboxylic acids is 1. The van der Waals surface area contributed by atoms with Crippen LogP contribution in [0.15, 0.2) is 54.6 Å². The molecule has 4 rings (SSSR count). The van der Waals surface area contributed by atoms with E-state index in [0.717, 1.165) is 29.5 Å². The summed E-state index contributed by atoms with van der Waals surface area (Å²) >= 11 is 6.39. The van der Waals surface area contributed by atoms with E-state index in [-0.39, 0.29) is 6.01 Å². The van der Waals surface area contributed by atoms with Crippen molar-refractivity contribution in [1.82, 2.24) is 15.3 Å². The second kappa shape index (κ2) is 8.65. The van der Waals surface area contributed by atoms with Crippen molar-refractivity contribution in [2.75, 3.05) is 6.54 Å². The lowest BCUT2D eigenvalue weighted by molar-refractivity contribution is -0.149. The fourth-order valence-corrected chi connectivity index (χ4v) is 4.49. The van der Waals surface area contributed by atoms with E-state index in [1.165, 1.54) is 0 Å². The van der Waals surface area contributed by atoms with E-state index in [9.17, 15) is 9.90 Å². The average Bonchev–Trinajstić information content (AvgIpc) is 2.92. The monoisotopic (exact) mass is 437 g/mol. The third-order valence-electron chi connectivity index (χ3n) is 5.56. The van der Waals surface area contributed by atoms with Crippen LogP contribution in [0.4, 0.5) is 0 Å². The van der Waals surface area contributed by atoms with Crippen LogP contribution in [0.5, 0.6) is 6.01 Å². The minimum atomic E-state index is -1.33. The largest absolute Gasteiger partial charge is 0.478 e. The number of ether oxygens (including phenoxy) is 1. The number of carbonyl (C=O) groups is 1. The fourth-order valence-electron chi connectivity index (χ4n) is 4.31. The zero-order valence-electron chi connectivity index (χ0n) is 17.4. The van der Waals surface area contributed by atoms with Gasteiger partial charge in [0.15, 0.2) is 0 Å². The summed E-state index contributed by atoms with van der Waals surface area (Å²) in [6.07, 6.45) is 0.335. The molecule has 0 spiro atoms. The first-order valence-electron chi connectivity index (χ1n) is 10.2. The second-order valence-corrected chi connectivity index (χ2v) is 8.21. The molecule has 0 saturated heterocycles. The van der Waals surface area contributed by atoms with Crippen LogP contribution in [-0.4, -0.2) is 33.7 Å². The number of hydrogen-bond donors (Lipinski definition) is 2.